The van der Waals surface area contributed by atoms with E-state index >= 15 is 0 Å². The Hall–Kier alpha value is -2.74. The lowest BCUT2D eigenvalue weighted by Crippen LogP contribution is -2.28. The first-order chi connectivity index (χ1) is 13.1. The van der Waals surface area contributed by atoms with Crippen LogP contribution in [0.5, 0.6) is 0 Å². The van der Waals surface area contributed by atoms with Gasteiger partial charge in [0, 0.05) is 24.7 Å². The van der Waals surface area contributed by atoms with E-state index in [2.05, 4.69) is 5.32 Å². The first kappa shape index (κ1) is 20.0. The Morgan fingerprint density at radius 1 is 1.21 bits per heavy atom. The van der Waals surface area contributed by atoms with Crippen LogP contribution in [0.15, 0.2) is 36.4 Å². The largest absolute Gasteiger partial charge is 0.481 e. The van der Waals surface area contributed by atoms with E-state index in [9.17, 15) is 22.8 Å². The fourth-order valence-electron chi connectivity index (χ4n) is 3.13. The Bertz CT molecular complexity index is 931. The van der Waals surface area contributed by atoms with Crippen molar-refractivity contribution in [3.63, 3.8) is 0 Å². The molecule has 0 aliphatic carbocycles. The smallest absolute Gasteiger partial charge is 0.416 e. The van der Waals surface area contributed by atoms with Crippen LogP contribution in [0, 0.1) is 0 Å². The van der Waals surface area contributed by atoms with Crippen molar-refractivity contribution in [2.24, 2.45) is 0 Å². The number of carbonyl (C=O) groups excluding carboxylic acids is 1. The van der Waals surface area contributed by atoms with E-state index in [1.165, 1.54) is 17.0 Å². The first-order valence-electron chi connectivity index (χ1n) is 8.38. The molecule has 0 aromatic heterocycles. The molecule has 0 radical (unpaired) electrons. The molecule has 1 fully saturated rings. The molecule has 2 aromatic rings. The fraction of sp³-hybridized carbons (Fsp3) is 0.263. The van der Waals surface area contributed by atoms with Gasteiger partial charge in [-0.25, -0.2) is 4.79 Å². The van der Waals surface area contributed by atoms with Crippen LogP contribution >= 0.6 is 11.6 Å². The predicted molar refractivity (Wildman–Crippen MR) is 97.0 cm³/mol. The van der Waals surface area contributed by atoms with Gasteiger partial charge in [-0.05, 0) is 46.5 Å². The Kier molecular flexibility index (Phi) is 5.51. The van der Waals surface area contributed by atoms with Crippen molar-refractivity contribution < 1.29 is 27.9 Å². The first-order valence-corrected chi connectivity index (χ1v) is 8.76. The minimum atomic E-state index is -4.52. The third-order valence-corrected chi connectivity index (χ3v) is 4.58. The van der Waals surface area contributed by atoms with Crippen molar-refractivity contribution in [2.75, 3.05) is 13.1 Å². The monoisotopic (exact) mass is 412 g/mol. The molecule has 0 atom stereocenters. The maximum Gasteiger partial charge on any atom is 0.416 e. The molecule has 1 aliphatic heterocycles. The van der Waals surface area contributed by atoms with E-state index in [4.69, 9.17) is 16.7 Å². The van der Waals surface area contributed by atoms with Gasteiger partial charge in [0.2, 0.25) is 0 Å². The van der Waals surface area contributed by atoms with Gasteiger partial charge < -0.3 is 15.3 Å². The van der Waals surface area contributed by atoms with Crippen molar-refractivity contribution in [1.82, 2.24) is 10.2 Å². The molecule has 1 aliphatic rings. The average Bonchev–Trinajstić information content (AvgIpc) is 2.97. The number of hydrogen-bond donors (Lipinski definition) is 2. The van der Waals surface area contributed by atoms with E-state index in [-0.39, 0.29) is 24.0 Å². The lowest BCUT2D eigenvalue weighted by atomic mass is 9.95. The van der Waals surface area contributed by atoms with Gasteiger partial charge in [0.1, 0.15) is 0 Å². The van der Waals surface area contributed by atoms with Crippen LogP contribution in [0.3, 0.4) is 0 Å². The number of halogens is 4. The molecule has 148 valence electrons. The third kappa shape index (κ3) is 4.56. The summed E-state index contributed by atoms with van der Waals surface area (Å²) in [6.07, 6.45) is -4.79. The summed E-state index contributed by atoms with van der Waals surface area (Å²) in [5, 5.41) is 11.9. The number of carbonyl (C=O) groups is 2. The van der Waals surface area contributed by atoms with Gasteiger partial charge in [0.25, 0.3) is 0 Å². The van der Waals surface area contributed by atoms with Crippen LogP contribution in [0.1, 0.15) is 16.7 Å². The number of hydrogen-bond acceptors (Lipinski definition) is 2. The molecule has 0 saturated carbocycles. The van der Waals surface area contributed by atoms with Gasteiger partial charge in [-0.3, -0.25) is 4.79 Å². The molecule has 2 aromatic carbocycles. The van der Waals surface area contributed by atoms with Gasteiger partial charge in [-0.2, -0.15) is 13.2 Å². The number of rotatable bonds is 5. The van der Waals surface area contributed by atoms with Gasteiger partial charge in [-0.1, -0.05) is 23.7 Å². The summed E-state index contributed by atoms with van der Waals surface area (Å²) in [6, 6.07) is 7.58. The normalized spacial score (nSPS) is 14.3. The van der Waals surface area contributed by atoms with Gasteiger partial charge >= 0.3 is 18.2 Å². The molecular weight excluding hydrogens is 397 g/mol. The van der Waals surface area contributed by atoms with E-state index < -0.39 is 17.7 Å². The fourth-order valence-corrected chi connectivity index (χ4v) is 3.39. The molecule has 2 N–H and O–H groups in total. The Morgan fingerprint density at radius 3 is 2.57 bits per heavy atom. The molecule has 28 heavy (non-hydrogen) atoms. The number of nitrogens with one attached hydrogen (secondary N) is 1. The standard InChI is InChI=1S/C19H16ClF3N2O3/c20-15-6-11(7-17(26)27)5-12(9-15)16-2-1-14(19(21,22)23)8-13(16)10-25-4-3-24-18(25)28/h1-2,5-6,8-9H,3-4,7,10H2,(H,24,28)(H,26,27). The summed E-state index contributed by atoms with van der Waals surface area (Å²) in [7, 11) is 0. The van der Waals surface area contributed by atoms with E-state index in [1.54, 1.807) is 12.1 Å². The number of alkyl halides is 3. The molecule has 0 bridgehead atoms. The maximum absolute atomic E-state index is 13.2. The van der Waals surface area contributed by atoms with Crippen LogP contribution < -0.4 is 5.32 Å². The van der Waals surface area contributed by atoms with Crippen LogP contribution in [0.2, 0.25) is 5.02 Å². The average molecular weight is 413 g/mol. The second-order valence-corrected chi connectivity index (χ2v) is 6.88. The van der Waals surface area contributed by atoms with Crippen molar-refractivity contribution in [1.29, 1.82) is 0 Å². The number of carboxylic acids is 1. The minimum Gasteiger partial charge on any atom is -0.481 e. The molecule has 1 heterocycles. The van der Waals surface area contributed by atoms with Crippen molar-refractivity contribution in [3.05, 3.63) is 58.1 Å². The van der Waals surface area contributed by atoms with Crippen LogP contribution in [0.25, 0.3) is 11.1 Å². The lowest BCUT2D eigenvalue weighted by Gasteiger charge is -2.19. The quantitative estimate of drug-likeness (QED) is 0.774. The highest BCUT2D eigenvalue weighted by Crippen LogP contribution is 2.35. The van der Waals surface area contributed by atoms with Crippen molar-refractivity contribution >= 4 is 23.6 Å². The molecule has 2 amide bonds. The highest BCUT2D eigenvalue weighted by atomic mass is 35.5. The Labute approximate surface area is 163 Å². The van der Waals surface area contributed by atoms with Crippen LogP contribution in [-0.4, -0.2) is 35.1 Å². The van der Waals surface area contributed by atoms with Gasteiger partial charge in [-0.15, -0.1) is 0 Å². The molecule has 1 saturated heterocycles. The lowest BCUT2D eigenvalue weighted by molar-refractivity contribution is -0.138. The second-order valence-electron chi connectivity index (χ2n) is 6.44. The topological polar surface area (TPSA) is 69.6 Å². The minimum absolute atomic E-state index is 0.00807. The number of urea groups is 1. The molecule has 0 unspecified atom stereocenters. The highest BCUT2D eigenvalue weighted by molar-refractivity contribution is 6.31. The van der Waals surface area contributed by atoms with E-state index in [0.29, 0.717) is 35.3 Å². The number of aliphatic carboxylic acids is 1. The number of nitrogens with zero attached hydrogens (tertiary/aromatic N) is 1. The van der Waals surface area contributed by atoms with Gasteiger partial charge in [0.15, 0.2) is 0 Å². The Balaban J connectivity index is 2.07. The summed E-state index contributed by atoms with van der Waals surface area (Å²) >= 11 is 6.09. The summed E-state index contributed by atoms with van der Waals surface area (Å²) < 4.78 is 39.6. The zero-order valence-electron chi connectivity index (χ0n) is 14.5. The third-order valence-electron chi connectivity index (χ3n) is 4.36. The SMILES string of the molecule is O=C(O)Cc1cc(Cl)cc(-c2ccc(C(F)(F)F)cc2CN2CCNC2=O)c1. The highest BCUT2D eigenvalue weighted by Gasteiger charge is 2.32. The summed E-state index contributed by atoms with van der Waals surface area (Å²) in [5.41, 5.74) is 0.864. The number of carboxylic acid groups (broad SMARTS) is 1. The zero-order valence-corrected chi connectivity index (χ0v) is 15.3. The number of benzene rings is 2. The van der Waals surface area contributed by atoms with E-state index in [0.717, 1.165) is 12.1 Å². The maximum atomic E-state index is 13.2. The van der Waals surface area contributed by atoms with Crippen LogP contribution in [-0.2, 0) is 23.9 Å². The molecule has 3 rings (SSSR count). The Morgan fingerprint density at radius 2 is 1.96 bits per heavy atom. The second kappa shape index (κ2) is 7.71. The molecule has 0 spiro atoms. The van der Waals surface area contributed by atoms with E-state index in [1.807, 2.05) is 0 Å². The summed E-state index contributed by atoms with van der Waals surface area (Å²) in [4.78, 5) is 24.3. The molecular formula is C19H16ClF3N2O3. The summed E-state index contributed by atoms with van der Waals surface area (Å²) in [5.74, 6) is -1.05. The van der Waals surface area contributed by atoms with Gasteiger partial charge in [0.05, 0.1) is 12.0 Å². The van der Waals surface area contributed by atoms with Crippen molar-refractivity contribution in [3.8, 4) is 11.1 Å². The molecule has 9 heteroatoms. The number of amides is 2. The van der Waals surface area contributed by atoms with Crippen LogP contribution in [0.4, 0.5) is 18.0 Å². The molecule has 5 nitrogen and oxygen atoms in total. The zero-order chi connectivity index (χ0) is 20.5. The predicted octanol–water partition coefficient (Wildman–Crippen LogP) is 4.18. The van der Waals surface area contributed by atoms with Crippen molar-refractivity contribution in [2.45, 2.75) is 19.1 Å². The summed E-state index contributed by atoms with van der Waals surface area (Å²) in [6.45, 7) is 0.799.